The normalized spacial score (nSPS) is 11.7. The van der Waals surface area contributed by atoms with E-state index in [1.165, 1.54) is 0 Å². The third kappa shape index (κ3) is 11.0. The Balaban J connectivity index is 0.00000420. The number of hydrogen-bond acceptors (Lipinski definition) is 3. The second-order valence-electron chi connectivity index (χ2n) is 6.12. The van der Waals surface area contributed by atoms with Crippen LogP contribution in [0.2, 0.25) is 0 Å². The first-order valence-electron chi connectivity index (χ1n) is 9.10. The van der Waals surface area contributed by atoms with Crippen molar-refractivity contribution in [2.24, 2.45) is 4.99 Å². The molecule has 0 saturated carbocycles. The van der Waals surface area contributed by atoms with Crippen LogP contribution in [0.15, 0.2) is 53.7 Å². The molecule has 0 saturated heterocycles. The first kappa shape index (κ1) is 25.2. The zero-order valence-corrected chi connectivity index (χ0v) is 18.5. The molecule has 160 valence electrons. The van der Waals surface area contributed by atoms with Gasteiger partial charge in [0.15, 0.2) is 5.96 Å². The minimum Gasteiger partial charge on any atom is -0.367 e. The number of benzene rings is 1. The number of ether oxygens (including phenoxy) is 1. The van der Waals surface area contributed by atoms with Gasteiger partial charge in [0.05, 0.1) is 13.2 Å². The Morgan fingerprint density at radius 3 is 2.59 bits per heavy atom. The van der Waals surface area contributed by atoms with Crippen molar-refractivity contribution in [3.05, 3.63) is 65.5 Å². The number of aromatic nitrogens is 1. The van der Waals surface area contributed by atoms with E-state index in [1.807, 2.05) is 31.2 Å². The van der Waals surface area contributed by atoms with Gasteiger partial charge >= 0.3 is 6.18 Å². The molecule has 1 aromatic carbocycles. The van der Waals surface area contributed by atoms with Crippen LogP contribution in [0.4, 0.5) is 13.2 Å². The van der Waals surface area contributed by atoms with Crippen LogP contribution in [0.3, 0.4) is 0 Å². The Bertz CT molecular complexity index is 742. The Hall–Kier alpha value is -1.88. The molecular weight excluding hydrogens is 496 g/mol. The Labute approximate surface area is 186 Å². The van der Waals surface area contributed by atoms with Crippen molar-refractivity contribution >= 4 is 29.9 Å². The van der Waals surface area contributed by atoms with E-state index in [2.05, 4.69) is 20.6 Å². The predicted molar refractivity (Wildman–Crippen MR) is 118 cm³/mol. The standard InChI is InChI=1S/C20H25F3N4O.HI/c1-2-24-19(26-11-9-18-8-3-4-10-25-18)27-13-16-6-5-7-17(12-16)14-28-15-20(21,22)23;/h3-8,10,12H,2,9,11,13-15H2,1H3,(H2,24,26,27);1H. The molecule has 0 aliphatic carbocycles. The van der Waals surface area contributed by atoms with E-state index in [0.29, 0.717) is 24.6 Å². The minimum atomic E-state index is -4.32. The summed E-state index contributed by atoms with van der Waals surface area (Å²) in [7, 11) is 0. The van der Waals surface area contributed by atoms with Crippen molar-refractivity contribution in [3.8, 4) is 0 Å². The number of pyridine rings is 1. The number of halogens is 4. The lowest BCUT2D eigenvalue weighted by Gasteiger charge is -2.11. The number of hydrogen-bond donors (Lipinski definition) is 2. The fraction of sp³-hybridized carbons (Fsp3) is 0.400. The molecule has 0 amide bonds. The maximum Gasteiger partial charge on any atom is 0.411 e. The number of rotatable bonds is 9. The molecule has 0 fully saturated rings. The third-order valence-electron chi connectivity index (χ3n) is 3.69. The molecule has 29 heavy (non-hydrogen) atoms. The highest BCUT2D eigenvalue weighted by Crippen LogP contribution is 2.16. The first-order valence-corrected chi connectivity index (χ1v) is 9.10. The Morgan fingerprint density at radius 2 is 1.90 bits per heavy atom. The summed E-state index contributed by atoms with van der Waals surface area (Å²) in [6.45, 7) is 2.47. The maximum absolute atomic E-state index is 12.2. The lowest BCUT2D eigenvalue weighted by atomic mass is 10.1. The SMILES string of the molecule is CCNC(=NCc1cccc(COCC(F)(F)F)c1)NCCc1ccccn1.I. The molecule has 0 bridgehead atoms. The number of aliphatic imine (C=N–C) groups is 1. The van der Waals surface area contributed by atoms with Crippen molar-refractivity contribution in [1.82, 2.24) is 15.6 Å². The summed E-state index contributed by atoms with van der Waals surface area (Å²) in [6, 6.07) is 13.0. The van der Waals surface area contributed by atoms with Gasteiger partial charge in [0.25, 0.3) is 0 Å². The van der Waals surface area contributed by atoms with Crippen LogP contribution in [0.5, 0.6) is 0 Å². The van der Waals surface area contributed by atoms with Crippen molar-refractivity contribution in [3.63, 3.8) is 0 Å². The van der Waals surface area contributed by atoms with Crippen molar-refractivity contribution in [2.75, 3.05) is 19.7 Å². The first-order chi connectivity index (χ1) is 13.5. The van der Waals surface area contributed by atoms with E-state index >= 15 is 0 Å². The molecule has 0 spiro atoms. The molecule has 0 radical (unpaired) electrons. The molecule has 0 aliphatic rings. The summed E-state index contributed by atoms with van der Waals surface area (Å²) in [5, 5.41) is 6.43. The van der Waals surface area contributed by atoms with Gasteiger partial charge in [-0.05, 0) is 30.2 Å². The second-order valence-corrected chi connectivity index (χ2v) is 6.12. The smallest absolute Gasteiger partial charge is 0.367 e. The third-order valence-corrected chi connectivity index (χ3v) is 3.69. The van der Waals surface area contributed by atoms with Crippen LogP contribution in [-0.2, 0) is 24.3 Å². The van der Waals surface area contributed by atoms with Gasteiger partial charge in [-0.15, -0.1) is 24.0 Å². The Morgan fingerprint density at radius 1 is 1.10 bits per heavy atom. The van der Waals surface area contributed by atoms with E-state index in [1.54, 1.807) is 24.4 Å². The molecule has 5 nitrogen and oxygen atoms in total. The van der Waals surface area contributed by atoms with Crippen LogP contribution in [0.25, 0.3) is 0 Å². The molecule has 0 aliphatic heterocycles. The molecule has 1 aromatic heterocycles. The summed E-state index contributed by atoms with van der Waals surface area (Å²) in [5.74, 6) is 0.678. The summed E-state index contributed by atoms with van der Waals surface area (Å²) >= 11 is 0. The summed E-state index contributed by atoms with van der Waals surface area (Å²) < 4.78 is 41.2. The van der Waals surface area contributed by atoms with Crippen molar-refractivity contribution < 1.29 is 17.9 Å². The van der Waals surface area contributed by atoms with Gasteiger partial charge in [-0.3, -0.25) is 4.98 Å². The van der Waals surface area contributed by atoms with Crippen LogP contribution in [0.1, 0.15) is 23.7 Å². The highest BCUT2D eigenvalue weighted by Gasteiger charge is 2.27. The minimum absolute atomic E-state index is 0. The molecule has 0 atom stereocenters. The molecule has 9 heteroatoms. The molecule has 2 aromatic rings. The fourth-order valence-corrected chi connectivity index (χ4v) is 2.47. The number of guanidine groups is 1. The van der Waals surface area contributed by atoms with E-state index < -0.39 is 12.8 Å². The summed E-state index contributed by atoms with van der Waals surface area (Å²) in [6.07, 6.45) is -1.78. The number of alkyl halides is 3. The van der Waals surface area contributed by atoms with Gasteiger partial charge in [-0.25, -0.2) is 4.99 Å². The van der Waals surface area contributed by atoms with Crippen molar-refractivity contribution in [2.45, 2.75) is 32.7 Å². The van der Waals surface area contributed by atoms with Crippen LogP contribution in [0, 0.1) is 0 Å². The zero-order chi connectivity index (χ0) is 20.2. The highest BCUT2D eigenvalue weighted by molar-refractivity contribution is 14.0. The topological polar surface area (TPSA) is 58.5 Å². The van der Waals surface area contributed by atoms with Gasteiger partial charge in [-0.2, -0.15) is 13.2 Å². The van der Waals surface area contributed by atoms with Crippen LogP contribution >= 0.6 is 24.0 Å². The van der Waals surface area contributed by atoms with E-state index in [-0.39, 0.29) is 30.6 Å². The highest BCUT2D eigenvalue weighted by atomic mass is 127. The van der Waals surface area contributed by atoms with Gasteiger partial charge < -0.3 is 15.4 Å². The van der Waals surface area contributed by atoms with Crippen LogP contribution in [-0.4, -0.2) is 36.8 Å². The fourth-order valence-electron chi connectivity index (χ4n) is 2.47. The predicted octanol–water partition coefficient (Wildman–Crippen LogP) is 4.08. The molecular formula is C20H26F3IN4O. The van der Waals surface area contributed by atoms with Gasteiger partial charge in [0.2, 0.25) is 0 Å². The van der Waals surface area contributed by atoms with Gasteiger partial charge in [0.1, 0.15) is 6.61 Å². The largest absolute Gasteiger partial charge is 0.411 e. The quantitative estimate of drug-likeness (QED) is 0.296. The van der Waals surface area contributed by atoms with Crippen molar-refractivity contribution in [1.29, 1.82) is 0 Å². The summed E-state index contributed by atoms with van der Waals surface area (Å²) in [4.78, 5) is 8.81. The van der Waals surface area contributed by atoms with E-state index in [0.717, 1.165) is 24.2 Å². The second kappa shape index (κ2) is 13.4. The number of nitrogens with zero attached hydrogens (tertiary/aromatic N) is 2. The molecule has 1 heterocycles. The van der Waals surface area contributed by atoms with Gasteiger partial charge in [-0.1, -0.05) is 30.3 Å². The maximum atomic E-state index is 12.2. The average molecular weight is 522 g/mol. The van der Waals surface area contributed by atoms with E-state index in [4.69, 9.17) is 4.74 Å². The lowest BCUT2D eigenvalue weighted by Crippen LogP contribution is -2.38. The monoisotopic (exact) mass is 522 g/mol. The van der Waals surface area contributed by atoms with Crippen LogP contribution < -0.4 is 10.6 Å². The number of nitrogens with one attached hydrogen (secondary N) is 2. The Kier molecular flexibility index (Phi) is 11.6. The van der Waals surface area contributed by atoms with Gasteiger partial charge in [0, 0.05) is 31.4 Å². The molecule has 0 unspecified atom stereocenters. The summed E-state index contributed by atoms with van der Waals surface area (Å²) in [5.41, 5.74) is 2.58. The van der Waals surface area contributed by atoms with E-state index in [9.17, 15) is 13.2 Å². The molecule has 2 rings (SSSR count). The lowest BCUT2D eigenvalue weighted by molar-refractivity contribution is -0.176. The zero-order valence-electron chi connectivity index (χ0n) is 16.2. The molecule has 2 N–H and O–H groups in total. The average Bonchev–Trinajstić information content (AvgIpc) is 2.66.